The second-order valence-electron chi connectivity index (χ2n) is 5.76. The van der Waals surface area contributed by atoms with Crippen molar-refractivity contribution in [1.82, 2.24) is 9.88 Å². The summed E-state index contributed by atoms with van der Waals surface area (Å²) in [6.07, 6.45) is 1.56. The van der Waals surface area contributed by atoms with Crippen molar-refractivity contribution in [3.8, 4) is 0 Å². The van der Waals surface area contributed by atoms with Gasteiger partial charge in [-0.2, -0.15) is 0 Å². The fourth-order valence-electron chi connectivity index (χ4n) is 2.83. The molecule has 0 aliphatic carbocycles. The maximum Gasteiger partial charge on any atom is 0.258 e. The first kappa shape index (κ1) is 16.7. The highest BCUT2D eigenvalue weighted by Crippen LogP contribution is 2.21. The number of hydrogen-bond donors (Lipinski definition) is 1. The van der Waals surface area contributed by atoms with Crippen molar-refractivity contribution in [2.45, 2.75) is 6.92 Å². The van der Waals surface area contributed by atoms with Gasteiger partial charge in [0.1, 0.15) is 5.15 Å². The van der Waals surface area contributed by atoms with E-state index >= 15 is 0 Å². The molecule has 126 valence electrons. The Morgan fingerprint density at radius 1 is 1.17 bits per heavy atom. The summed E-state index contributed by atoms with van der Waals surface area (Å²) in [7, 11) is 0. The van der Waals surface area contributed by atoms with Crippen molar-refractivity contribution in [3.05, 3.63) is 53.3 Å². The van der Waals surface area contributed by atoms with Crippen molar-refractivity contribution in [1.29, 1.82) is 0 Å². The van der Waals surface area contributed by atoms with Crippen LogP contribution in [0.3, 0.4) is 0 Å². The number of rotatable bonds is 4. The number of aromatic nitrogens is 1. The van der Waals surface area contributed by atoms with Crippen molar-refractivity contribution in [2.75, 3.05) is 42.9 Å². The second-order valence-corrected chi connectivity index (χ2v) is 6.12. The standard InChI is InChI=1S/C18H21ClN4O/c1-2-22-10-12-23(13-11-22)15-7-5-14(6-8-15)21-18(24)16-4-3-9-20-17(16)19/h3-9H,2,10-13H2,1H3,(H,21,24). The Morgan fingerprint density at radius 2 is 1.88 bits per heavy atom. The Morgan fingerprint density at radius 3 is 2.50 bits per heavy atom. The van der Waals surface area contributed by atoms with Gasteiger partial charge in [-0.05, 0) is 42.9 Å². The van der Waals surface area contributed by atoms with Crippen LogP contribution >= 0.6 is 11.6 Å². The summed E-state index contributed by atoms with van der Waals surface area (Å²) in [6.45, 7) is 7.55. The summed E-state index contributed by atoms with van der Waals surface area (Å²) in [5.74, 6) is -0.252. The Hall–Kier alpha value is -2.11. The van der Waals surface area contributed by atoms with Gasteiger partial charge in [0.2, 0.25) is 0 Å². The van der Waals surface area contributed by atoms with Gasteiger partial charge in [0.05, 0.1) is 5.56 Å². The van der Waals surface area contributed by atoms with Gasteiger partial charge >= 0.3 is 0 Å². The zero-order valence-corrected chi connectivity index (χ0v) is 14.5. The predicted molar refractivity (Wildman–Crippen MR) is 98.0 cm³/mol. The average Bonchev–Trinajstić information content (AvgIpc) is 2.63. The van der Waals surface area contributed by atoms with Crippen LogP contribution in [0.25, 0.3) is 0 Å². The summed E-state index contributed by atoms with van der Waals surface area (Å²) in [5, 5.41) is 3.06. The first-order chi connectivity index (χ1) is 11.7. The number of pyridine rings is 1. The summed E-state index contributed by atoms with van der Waals surface area (Å²) < 4.78 is 0. The van der Waals surface area contributed by atoms with E-state index in [0.29, 0.717) is 5.56 Å². The quantitative estimate of drug-likeness (QED) is 0.866. The van der Waals surface area contributed by atoms with Crippen molar-refractivity contribution in [3.63, 3.8) is 0 Å². The lowest BCUT2D eigenvalue weighted by Gasteiger charge is -2.35. The normalized spacial score (nSPS) is 15.3. The van der Waals surface area contributed by atoms with Crippen molar-refractivity contribution < 1.29 is 4.79 Å². The molecule has 2 heterocycles. The number of halogens is 1. The zero-order valence-electron chi connectivity index (χ0n) is 13.7. The Balaban J connectivity index is 1.63. The molecule has 5 nitrogen and oxygen atoms in total. The molecule has 1 saturated heterocycles. The highest BCUT2D eigenvalue weighted by atomic mass is 35.5. The molecule has 6 heteroatoms. The minimum Gasteiger partial charge on any atom is -0.369 e. The Kier molecular flexibility index (Phi) is 5.33. The van der Waals surface area contributed by atoms with Crippen LogP contribution < -0.4 is 10.2 Å². The number of benzene rings is 1. The summed E-state index contributed by atoms with van der Waals surface area (Å²) in [4.78, 5) is 21.0. The largest absolute Gasteiger partial charge is 0.369 e. The van der Waals surface area contributed by atoms with Crippen LogP contribution in [-0.2, 0) is 0 Å². The maximum atomic E-state index is 12.2. The fourth-order valence-corrected chi connectivity index (χ4v) is 3.04. The Labute approximate surface area is 147 Å². The number of carbonyl (C=O) groups excluding carboxylic acids is 1. The molecule has 3 rings (SSSR count). The number of carbonyl (C=O) groups is 1. The molecular formula is C18H21ClN4O. The van der Waals surface area contributed by atoms with E-state index < -0.39 is 0 Å². The van der Waals surface area contributed by atoms with Crippen LogP contribution in [0.4, 0.5) is 11.4 Å². The maximum absolute atomic E-state index is 12.2. The van der Waals surface area contributed by atoms with E-state index in [2.05, 4.69) is 27.0 Å². The molecule has 1 aliphatic heterocycles. The zero-order chi connectivity index (χ0) is 16.9. The number of likely N-dealkylation sites (N-methyl/N-ethyl adjacent to an activating group) is 1. The lowest BCUT2D eigenvalue weighted by atomic mass is 10.2. The van der Waals surface area contributed by atoms with E-state index in [-0.39, 0.29) is 11.1 Å². The predicted octanol–water partition coefficient (Wildman–Crippen LogP) is 3.13. The van der Waals surface area contributed by atoms with Crippen LogP contribution in [0.5, 0.6) is 0 Å². The van der Waals surface area contributed by atoms with Crippen LogP contribution in [0.2, 0.25) is 5.15 Å². The highest BCUT2D eigenvalue weighted by molar-refractivity contribution is 6.33. The Bertz CT molecular complexity index is 696. The van der Waals surface area contributed by atoms with Crippen LogP contribution in [0, 0.1) is 0 Å². The van der Waals surface area contributed by atoms with E-state index in [4.69, 9.17) is 11.6 Å². The van der Waals surface area contributed by atoms with E-state index in [1.54, 1.807) is 18.3 Å². The van der Waals surface area contributed by atoms with Gasteiger partial charge in [0.25, 0.3) is 5.91 Å². The van der Waals surface area contributed by atoms with Crippen LogP contribution in [-0.4, -0.2) is 48.5 Å². The van der Waals surface area contributed by atoms with Crippen LogP contribution in [0.1, 0.15) is 17.3 Å². The third-order valence-corrected chi connectivity index (χ3v) is 4.61. The average molecular weight is 345 g/mol. The molecule has 0 spiro atoms. The minimum absolute atomic E-state index is 0.209. The molecule has 1 fully saturated rings. The number of hydrogen-bond acceptors (Lipinski definition) is 4. The molecule has 0 saturated carbocycles. The van der Waals surface area contributed by atoms with Gasteiger partial charge < -0.3 is 15.1 Å². The van der Waals surface area contributed by atoms with Gasteiger partial charge in [-0.25, -0.2) is 4.98 Å². The molecule has 2 aromatic rings. The minimum atomic E-state index is -0.252. The van der Waals surface area contributed by atoms with E-state index in [1.165, 1.54) is 5.69 Å². The van der Waals surface area contributed by atoms with E-state index in [1.807, 2.05) is 24.3 Å². The van der Waals surface area contributed by atoms with E-state index in [0.717, 1.165) is 38.4 Å². The molecule has 1 amide bonds. The first-order valence-corrected chi connectivity index (χ1v) is 8.54. The smallest absolute Gasteiger partial charge is 0.258 e. The number of amides is 1. The van der Waals surface area contributed by atoms with Crippen molar-refractivity contribution >= 4 is 28.9 Å². The SMILES string of the molecule is CCN1CCN(c2ccc(NC(=O)c3cccnc3Cl)cc2)CC1. The molecular weight excluding hydrogens is 324 g/mol. The van der Waals surface area contributed by atoms with Gasteiger partial charge in [-0.15, -0.1) is 0 Å². The molecule has 0 unspecified atom stereocenters. The fraction of sp³-hybridized carbons (Fsp3) is 0.333. The van der Waals surface area contributed by atoms with Gasteiger partial charge in [-0.3, -0.25) is 4.79 Å². The lowest BCUT2D eigenvalue weighted by molar-refractivity contribution is 0.102. The third-order valence-electron chi connectivity index (χ3n) is 4.31. The van der Waals surface area contributed by atoms with Crippen molar-refractivity contribution in [2.24, 2.45) is 0 Å². The molecule has 1 aliphatic rings. The topological polar surface area (TPSA) is 48.5 Å². The number of nitrogens with zero attached hydrogens (tertiary/aromatic N) is 3. The second kappa shape index (κ2) is 7.64. The van der Waals surface area contributed by atoms with Gasteiger partial charge in [-0.1, -0.05) is 18.5 Å². The lowest BCUT2D eigenvalue weighted by Crippen LogP contribution is -2.46. The van der Waals surface area contributed by atoms with Gasteiger partial charge in [0.15, 0.2) is 0 Å². The molecule has 0 atom stereocenters. The summed E-state index contributed by atoms with van der Waals surface area (Å²) in [5.41, 5.74) is 2.30. The van der Waals surface area contributed by atoms with Crippen LogP contribution in [0.15, 0.2) is 42.6 Å². The summed E-state index contributed by atoms with van der Waals surface area (Å²) >= 11 is 5.95. The highest BCUT2D eigenvalue weighted by Gasteiger charge is 2.16. The first-order valence-electron chi connectivity index (χ1n) is 8.16. The molecule has 0 radical (unpaired) electrons. The molecule has 1 aromatic carbocycles. The molecule has 24 heavy (non-hydrogen) atoms. The van der Waals surface area contributed by atoms with Gasteiger partial charge in [0, 0.05) is 43.8 Å². The third kappa shape index (κ3) is 3.86. The monoisotopic (exact) mass is 344 g/mol. The molecule has 1 aromatic heterocycles. The molecule has 0 bridgehead atoms. The number of piperazine rings is 1. The number of nitrogens with one attached hydrogen (secondary N) is 1. The van der Waals surface area contributed by atoms with E-state index in [9.17, 15) is 4.79 Å². The summed E-state index contributed by atoms with van der Waals surface area (Å²) in [6, 6.07) is 11.3. The number of anilines is 2. The molecule has 1 N–H and O–H groups in total.